The summed E-state index contributed by atoms with van der Waals surface area (Å²) in [5.41, 5.74) is 3.36. The van der Waals surface area contributed by atoms with Crippen LogP contribution in [-0.2, 0) is 16.0 Å². The Balaban J connectivity index is 1.25. The molecule has 0 atom stereocenters. The van der Waals surface area contributed by atoms with Crippen LogP contribution in [0, 0.1) is 5.82 Å². The summed E-state index contributed by atoms with van der Waals surface area (Å²) in [6.07, 6.45) is 0.899. The number of carbonyl (C=O) groups excluding carboxylic acids is 1. The molecule has 42 heavy (non-hydrogen) atoms. The topological polar surface area (TPSA) is 126 Å². The van der Waals surface area contributed by atoms with Gasteiger partial charge in [-0.25, -0.2) is 9.18 Å². The number of rotatable bonds is 11. The number of nitrogens with one attached hydrogen (secondary N) is 1. The Bertz CT molecular complexity index is 1640. The summed E-state index contributed by atoms with van der Waals surface area (Å²) >= 11 is 1.53. The molecule has 0 bridgehead atoms. The van der Waals surface area contributed by atoms with Gasteiger partial charge < -0.3 is 19.5 Å². The lowest BCUT2D eigenvalue weighted by molar-refractivity contribution is 0.0489. The fourth-order valence-electron chi connectivity index (χ4n) is 4.12. The van der Waals surface area contributed by atoms with Crippen LogP contribution in [0.15, 0.2) is 60.2 Å². The summed E-state index contributed by atoms with van der Waals surface area (Å²) in [4.78, 5) is 13.2. The standard InChI is InChI=1S/C29H30FN7O4S/c1-29(2,3)41-28(38)31-11-12-39-13-14-40-24-16-21(30)8-9-22(24)26-27-23(10-15-42-27)25(34-35-26)20-6-4-19(5-7-20)17-37-33-18-32-36-37/h4-10,15-16,18H,11-14,17H2,1-3H3,(H,31,38). The minimum Gasteiger partial charge on any atom is -0.490 e. The largest absolute Gasteiger partial charge is 0.490 e. The number of ether oxygens (including phenoxy) is 3. The molecule has 0 unspecified atom stereocenters. The first-order valence-corrected chi connectivity index (χ1v) is 14.2. The molecule has 0 saturated carbocycles. The summed E-state index contributed by atoms with van der Waals surface area (Å²) in [5, 5.41) is 26.3. The Kier molecular flexibility index (Phi) is 8.98. The average Bonchev–Trinajstić information content (AvgIpc) is 3.65. The molecule has 0 aliphatic carbocycles. The SMILES string of the molecule is CC(C)(C)OC(=O)NCCOCCOc1cc(F)ccc1-c1nnc(-c2ccc(Cn3ncnn3)cc2)c2ccsc12. The maximum absolute atomic E-state index is 14.2. The quantitative estimate of drug-likeness (QED) is 0.208. The van der Waals surface area contributed by atoms with E-state index in [1.807, 2.05) is 35.7 Å². The molecule has 5 rings (SSSR count). The highest BCUT2D eigenvalue weighted by molar-refractivity contribution is 7.17. The van der Waals surface area contributed by atoms with E-state index in [2.05, 4.69) is 30.9 Å². The average molecular weight is 592 g/mol. The van der Waals surface area contributed by atoms with Crippen LogP contribution < -0.4 is 10.1 Å². The second-order valence-corrected chi connectivity index (χ2v) is 11.2. The molecule has 0 spiro atoms. The molecule has 1 N–H and O–H groups in total. The zero-order valence-electron chi connectivity index (χ0n) is 23.4. The van der Waals surface area contributed by atoms with Crippen molar-refractivity contribution in [1.82, 2.24) is 35.7 Å². The number of benzene rings is 2. The Morgan fingerprint density at radius 2 is 1.83 bits per heavy atom. The van der Waals surface area contributed by atoms with Crippen molar-refractivity contribution in [3.63, 3.8) is 0 Å². The Morgan fingerprint density at radius 3 is 2.60 bits per heavy atom. The Hall–Kier alpha value is -4.49. The van der Waals surface area contributed by atoms with E-state index in [-0.39, 0.29) is 19.8 Å². The zero-order valence-corrected chi connectivity index (χ0v) is 24.2. The van der Waals surface area contributed by atoms with Gasteiger partial charge in [-0.1, -0.05) is 24.3 Å². The van der Waals surface area contributed by atoms with Crippen LogP contribution in [0.1, 0.15) is 26.3 Å². The van der Waals surface area contributed by atoms with Crippen molar-refractivity contribution < 1.29 is 23.4 Å². The van der Waals surface area contributed by atoms with Crippen LogP contribution in [0.25, 0.3) is 32.6 Å². The lowest BCUT2D eigenvalue weighted by Gasteiger charge is -2.19. The van der Waals surface area contributed by atoms with Crippen LogP contribution in [0.4, 0.5) is 9.18 Å². The minimum atomic E-state index is -0.565. The molecule has 0 aliphatic heterocycles. The molecule has 0 aliphatic rings. The number of hydrogen-bond donors (Lipinski definition) is 1. The lowest BCUT2D eigenvalue weighted by Crippen LogP contribution is -2.34. The van der Waals surface area contributed by atoms with Gasteiger partial charge in [0.1, 0.15) is 35.2 Å². The molecule has 3 heterocycles. The molecule has 0 fully saturated rings. The third-order valence-electron chi connectivity index (χ3n) is 5.93. The third kappa shape index (κ3) is 7.42. The van der Waals surface area contributed by atoms with Gasteiger partial charge in [0.2, 0.25) is 0 Å². The highest BCUT2D eigenvalue weighted by Gasteiger charge is 2.18. The molecule has 5 aromatic rings. The number of hydrogen-bond acceptors (Lipinski definition) is 10. The van der Waals surface area contributed by atoms with Crippen LogP contribution in [0.3, 0.4) is 0 Å². The highest BCUT2D eigenvalue weighted by Crippen LogP contribution is 2.39. The molecular formula is C29H30FN7O4S. The van der Waals surface area contributed by atoms with Crippen molar-refractivity contribution in [1.29, 1.82) is 0 Å². The molecule has 2 aromatic carbocycles. The summed E-state index contributed by atoms with van der Waals surface area (Å²) < 4.78 is 31.8. The molecule has 13 heteroatoms. The highest BCUT2D eigenvalue weighted by atomic mass is 32.1. The van der Waals surface area contributed by atoms with E-state index in [1.54, 1.807) is 26.8 Å². The molecule has 11 nitrogen and oxygen atoms in total. The summed E-state index contributed by atoms with van der Waals surface area (Å²) in [7, 11) is 0. The Morgan fingerprint density at radius 1 is 1.02 bits per heavy atom. The third-order valence-corrected chi connectivity index (χ3v) is 6.85. The maximum Gasteiger partial charge on any atom is 0.407 e. The number of alkyl carbamates (subject to hydrolysis) is 1. The van der Waals surface area contributed by atoms with Gasteiger partial charge in [0, 0.05) is 29.1 Å². The van der Waals surface area contributed by atoms with Crippen molar-refractivity contribution in [3.8, 4) is 28.3 Å². The van der Waals surface area contributed by atoms with E-state index in [1.165, 1.54) is 34.6 Å². The maximum atomic E-state index is 14.2. The predicted molar refractivity (Wildman–Crippen MR) is 156 cm³/mol. The van der Waals surface area contributed by atoms with Gasteiger partial charge in [-0.05, 0) is 55.1 Å². The monoisotopic (exact) mass is 591 g/mol. The van der Waals surface area contributed by atoms with E-state index < -0.39 is 17.5 Å². The molecule has 1 amide bonds. The number of aromatic nitrogens is 6. The molecule has 218 valence electrons. The van der Waals surface area contributed by atoms with Gasteiger partial charge >= 0.3 is 6.09 Å². The normalized spacial score (nSPS) is 11.5. The first-order chi connectivity index (χ1) is 20.3. The molecular weight excluding hydrogens is 561 g/mol. The van der Waals surface area contributed by atoms with Gasteiger partial charge in [-0.15, -0.1) is 31.7 Å². The summed E-state index contributed by atoms with van der Waals surface area (Å²) in [5.74, 6) is -0.0854. The molecule has 3 aromatic heterocycles. The fourth-order valence-corrected chi connectivity index (χ4v) is 5.02. The van der Waals surface area contributed by atoms with Gasteiger partial charge in [-0.2, -0.15) is 4.80 Å². The van der Waals surface area contributed by atoms with Gasteiger partial charge in [0.25, 0.3) is 0 Å². The van der Waals surface area contributed by atoms with Crippen molar-refractivity contribution in [3.05, 3.63) is 71.6 Å². The summed E-state index contributed by atoms with van der Waals surface area (Å²) in [6, 6.07) is 14.3. The van der Waals surface area contributed by atoms with E-state index >= 15 is 0 Å². The smallest absolute Gasteiger partial charge is 0.407 e. The van der Waals surface area contributed by atoms with Gasteiger partial charge in [0.15, 0.2) is 6.33 Å². The van der Waals surface area contributed by atoms with Crippen molar-refractivity contribution in [2.24, 2.45) is 0 Å². The second kappa shape index (κ2) is 13.0. The fraction of sp³-hybridized carbons (Fsp3) is 0.310. The molecule has 0 radical (unpaired) electrons. The molecule has 0 saturated heterocycles. The van der Waals surface area contributed by atoms with E-state index in [0.29, 0.717) is 30.1 Å². The number of tetrazole rings is 1. The van der Waals surface area contributed by atoms with E-state index in [0.717, 1.165) is 26.9 Å². The van der Waals surface area contributed by atoms with Crippen molar-refractivity contribution >= 4 is 27.5 Å². The first-order valence-electron chi connectivity index (χ1n) is 13.3. The van der Waals surface area contributed by atoms with Crippen LogP contribution in [0.5, 0.6) is 5.75 Å². The van der Waals surface area contributed by atoms with Crippen LogP contribution in [-0.4, -0.2) is 68.5 Å². The second-order valence-electron chi connectivity index (χ2n) is 10.3. The number of thiophene rings is 1. The van der Waals surface area contributed by atoms with Gasteiger partial charge in [0.05, 0.1) is 24.5 Å². The zero-order chi connectivity index (χ0) is 29.5. The van der Waals surface area contributed by atoms with E-state index in [4.69, 9.17) is 14.2 Å². The minimum absolute atomic E-state index is 0.179. The number of amides is 1. The number of halogens is 1. The first kappa shape index (κ1) is 29.0. The number of fused-ring (bicyclic) bond motifs is 1. The van der Waals surface area contributed by atoms with Crippen LogP contribution >= 0.6 is 11.3 Å². The predicted octanol–water partition coefficient (Wildman–Crippen LogP) is 5.12. The van der Waals surface area contributed by atoms with Crippen LogP contribution in [0.2, 0.25) is 0 Å². The number of carbonyl (C=O) groups is 1. The van der Waals surface area contributed by atoms with Crippen molar-refractivity contribution in [2.75, 3.05) is 26.4 Å². The lowest BCUT2D eigenvalue weighted by atomic mass is 10.0. The van der Waals surface area contributed by atoms with Gasteiger partial charge in [-0.3, -0.25) is 0 Å². The van der Waals surface area contributed by atoms with E-state index in [9.17, 15) is 9.18 Å². The number of nitrogens with zero attached hydrogens (tertiary/aromatic N) is 6. The summed E-state index contributed by atoms with van der Waals surface area (Å²) in [6.45, 7) is 6.89. The van der Waals surface area contributed by atoms with Crippen molar-refractivity contribution in [2.45, 2.75) is 32.9 Å². The Labute approximate surface area is 245 Å².